The van der Waals surface area contributed by atoms with Gasteiger partial charge in [0.05, 0.1) is 6.61 Å². The van der Waals surface area contributed by atoms with E-state index in [1.54, 1.807) is 0 Å². The third-order valence-electron chi connectivity index (χ3n) is 2.43. The zero-order valence-electron chi connectivity index (χ0n) is 11.6. The Morgan fingerprint density at radius 1 is 1.33 bits per heavy atom. The molecule has 0 aliphatic rings. The standard InChI is InChI=1S/C14H24N2O2/c1-4-8-15-9-13-6-7-14(16-10-13)18-12(3)11-17-5-2/h6-7,10,12,15H,4-5,8-9,11H2,1-3H3. The summed E-state index contributed by atoms with van der Waals surface area (Å²) in [6.07, 6.45) is 3.02. The molecular weight excluding hydrogens is 228 g/mol. The van der Waals surface area contributed by atoms with E-state index >= 15 is 0 Å². The topological polar surface area (TPSA) is 43.4 Å². The third kappa shape index (κ3) is 5.98. The monoisotopic (exact) mass is 252 g/mol. The quantitative estimate of drug-likeness (QED) is 0.685. The Labute approximate surface area is 110 Å². The van der Waals surface area contributed by atoms with Gasteiger partial charge in [0.2, 0.25) is 5.88 Å². The maximum absolute atomic E-state index is 5.64. The number of nitrogens with one attached hydrogen (secondary N) is 1. The third-order valence-corrected chi connectivity index (χ3v) is 2.43. The van der Waals surface area contributed by atoms with Crippen molar-refractivity contribution in [1.29, 1.82) is 0 Å². The zero-order valence-corrected chi connectivity index (χ0v) is 11.6. The fraction of sp³-hybridized carbons (Fsp3) is 0.643. The molecular formula is C14H24N2O2. The van der Waals surface area contributed by atoms with E-state index in [1.165, 1.54) is 5.56 Å². The van der Waals surface area contributed by atoms with Crippen LogP contribution in [0.5, 0.6) is 5.88 Å². The minimum absolute atomic E-state index is 0.0292. The van der Waals surface area contributed by atoms with E-state index < -0.39 is 0 Å². The molecule has 0 amide bonds. The summed E-state index contributed by atoms with van der Waals surface area (Å²) < 4.78 is 10.9. The lowest BCUT2D eigenvalue weighted by atomic mass is 10.3. The Hall–Kier alpha value is -1.13. The molecule has 1 aromatic heterocycles. The van der Waals surface area contributed by atoms with Crippen LogP contribution in [0.25, 0.3) is 0 Å². The van der Waals surface area contributed by atoms with Gasteiger partial charge in [-0.2, -0.15) is 0 Å². The summed E-state index contributed by atoms with van der Waals surface area (Å²) in [6.45, 7) is 9.31. The smallest absolute Gasteiger partial charge is 0.213 e. The molecule has 102 valence electrons. The van der Waals surface area contributed by atoms with Crippen molar-refractivity contribution < 1.29 is 9.47 Å². The normalized spacial score (nSPS) is 12.4. The van der Waals surface area contributed by atoms with E-state index in [0.29, 0.717) is 19.1 Å². The van der Waals surface area contributed by atoms with Crippen molar-refractivity contribution in [1.82, 2.24) is 10.3 Å². The van der Waals surface area contributed by atoms with Crippen LogP contribution >= 0.6 is 0 Å². The molecule has 4 nitrogen and oxygen atoms in total. The second-order valence-electron chi connectivity index (χ2n) is 4.27. The van der Waals surface area contributed by atoms with Crippen LogP contribution in [0, 0.1) is 0 Å². The molecule has 0 aromatic carbocycles. The first kappa shape index (κ1) is 14.9. The summed E-state index contributed by atoms with van der Waals surface area (Å²) >= 11 is 0. The molecule has 0 saturated carbocycles. The van der Waals surface area contributed by atoms with E-state index in [4.69, 9.17) is 9.47 Å². The van der Waals surface area contributed by atoms with Gasteiger partial charge in [-0.3, -0.25) is 0 Å². The predicted octanol–water partition coefficient (Wildman–Crippen LogP) is 2.39. The molecule has 0 aliphatic carbocycles. The minimum atomic E-state index is 0.0292. The van der Waals surface area contributed by atoms with Crippen LogP contribution in [0.4, 0.5) is 0 Å². The maximum Gasteiger partial charge on any atom is 0.213 e. The average molecular weight is 252 g/mol. The van der Waals surface area contributed by atoms with E-state index in [2.05, 4.69) is 17.2 Å². The predicted molar refractivity (Wildman–Crippen MR) is 72.8 cm³/mol. The lowest BCUT2D eigenvalue weighted by Gasteiger charge is -2.13. The number of pyridine rings is 1. The van der Waals surface area contributed by atoms with Crippen molar-refractivity contribution in [3.63, 3.8) is 0 Å². The largest absolute Gasteiger partial charge is 0.472 e. The number of hydrogen-bond acceptors (Lipinski definition) is 4. The highest BCUT2D eigenvalue weighted by molar-refractivity contribution is 5.17. The molecule has 0 bridgehead atoms. The second-order valence-corrected chi connectivity index (χ2v) is 4.27. The summed E-state index contributed by atoms with van der Waals surface area (Å²) in [4.78, 5) is 4.29. The molecule has 1 rings (SSSR count). The van der Waals surface area contributed by atoms with Crippen molar-refractivity contribution in [2.75, 3.05) is 19.8 Å². The SMILES string of the molecule is CCCNCc1ccc(OC(C)COCC)nc1. The summed E-state index contributed by atoms with van der Waals surface area (Å²) in [7, 11) is 0. The van der Waals surface area contributed by atoms with E-state index in [9.17, 15) is 0 Å². The molecule has 0 fully saturated rings. The van der Waals surface area contributed by atoms with Crippen LogP contribution in [0.3, 0.4) is 0 Å². The summed E-state index contributed by atoms with van der Waals surface area (Å²) in [5.74, 6) is 0.654. The molecule has 1 heterocycles. The number of aromatic nitrogens is 1. The molecule has 0 saturated heterocycles. The number of ether oxygens (including phenoxy) is 2. The lowest BCUT2D eigenvalue weighted by molar-refractivity contribution is 0.0633. The molecule has 1 unspecified atom stereocenters. The number of rotatable bonds is 9. The van der Waals surface area contributed by atoms with Gasteiger partial charge in [-0.1, -0.05) is 13.0 Å². The van der Waals surface area contributed by atoms with Crippen molar-refractivity contribution in [3.05, 3.63) is 23.9 Å². The first-order valence-electron chi connectivity index (χ1n) is 6.66. The molecule has 0 radical (unpaired) electrons. The summed E-state index contributed by atoms with van der Waals surface area (Å²) in [5.41, 5.74) is 1.17. The first-order chi connectivity index (χ1) is 8.76. The molecule has 0 aliphatic heterocycles. The van der Waals surface area contributed by atoms with Gasteiger partial charge in [-0.05, 0) is 32.4 Å². The van der Waals surface area contributed by atoms with E-state index in [-0.39, 0.29) is 6.10 Å². The van der Waals surface area contributed by atoms with Gasteiger partial charge in [0.1, 0.15) is 6.10 Å². The van der Waals surface area contributed by atoms with Gasteiger partial charge in [0.15, 0.2) is 0 Å². The van der Waals surface area contributed by atoms with Crippen molar-refractivity contribution in [3.8, 4) is 5.88 Å². The fourth-order valence-corrected chi connectivity index (χ4v) is 1.52. The molecule has 0 spiro atoms. The van der Waals surface area contributed by atoms with Gasteiger partial charge in [-0.15, -0.1) is 0 Å². The molecule has 18 heavy (non-hydrogen) atoms. The van der Waals surface area contributed by atoms with Gasteiger partial charge in [-0.25, -0.2) is 4.98 Å². The Kier molecular flexibility index (Phi) is 7.37. The first-order valence-corrected chi connectivity index (χ1v) is 6.66. The van der Waals surface area contributed by atoms with Crippen molar-refractivity contribution >= 4 is 0 Å². The highest BCUT2D eigenvalue weighted by Gasteiger charge is 2.04. The lowest BCUT2D eigenvalue weighted by Crippen LogP contribution is -2.19. The fourth-order valence-electron chi connectivity index (χ4n) is 1.52. The Bertz CT molecular complexity index is 314. The minimum Gasteiger partial charge on any atom is -0.472 e. The Balaban J connectivity index is 2.35. The van der Waals surface area contributed by atoms with E-state index in [0.717, 1.165) is 19.5 Å². The number of hydrogen-bond donors (Lipinski definition) is 1. The Morgan fingerprint density at radius 2 is 2.17 bits per heavy atom. The van der Waals surface area contributed by atoms with Crippen LogP contribution in [0.15, 0.2) is 18.3 Å². The van der Waals surface area contributed by atoms with Gasteiger partial charge in [0, 0.05) is 25.4 Å². The second kappa shape index (κ2) is 8.89. The van der Waals surface area contributed by atoms with Crippen molar-refractivity contribution in [2.24, 2.45) is 0 Å². The van der Waals surface area contributed by atoms with Gasteiger partial charge < -0.3 is 14.8 Å². The van der Waals surface area contributed by atoms with Crippen LogP contribution in [-0.4, -0.2) is 30.8 Å². The van der Waals surface area contributed by atoms with Crippen LogP contribution in [0.2, 0.25) is 0 Å². The van der Waals surface area contributed by atoms with Gasteiger partial charge >= 0.3 is 0 Å². The molecule has 1 atom stereocenters. The summed E-state index contributed by atoms with van der Waals surface area (Å²) in [5, 5.41) is 3.34. The Morgan fingerprint density at radius 3 is 2.78 bits per heavy atom. The van der Waals surface area contributed by atoms with Crippen molar-refractivity contribution in [2.45, 2.75) is 39.8 Å². The highest BCUT2D eigenvalue weighted by atomic mass is 16.5. The summed E-state index contributed by atoms with van der Waals surface area (Å²) in [6, 6.07) is 3.95. The average Bonchev–Trinajstić information content (AvgIpc) is 2.39. The molecule has 1 aromatic rings. The van der Waals surface area contributed by atoms with Gasteiger partial charge in [0.25, 0.3) is 0 Å². The van der Waals surface area contributed by atoms with Crippen LogP contribution < -0.4 is 10.1 Å². The van der Waals surface area contributed by atoms with Crippen LogP contribution in [-0.2, 0) is 11.3 Å². The van der Waals surface area contributed by atoms with Crippen LogP contribution in [0.1, 0.15) is 32.8 Å². The molecule has 1 N–H and O–H groups in total. The zero-order chi connectivity index (χ0) is 13.2. The number of nitrogens with zero attached hydrogens (tertiary/aromatic N) is 1. The van der Waals surface area contributed by atoms with E-state index in [1.807, 2.05) is 32.2 Å². The maximum atomic E-state index is 5.64. The molecule has 4 heteroatoms. The highest BCUT2D eigenvalue weighted by Crippen LogP contribution is 2.09.